The molecular formula is C13H10ClF2NO. The largest absolute Gasteiger partial charge is 0.489 e. The van der Waals surface area contributed by atoms with Gasteiger partial charge < -0.3 is 10.5 Å². The van der Waals surface area contributed by atoms with Crippen LogP contribution in [0.25, 0.3) is 0 Å². The highest BCUT2D eigenvalue weighted by Crippen LogP contribution is 2.23. The molecule has 0 heterocycles. The van der Waals surface area contributed by atoms with Crippen molar-refractivity contribution in [3.8, 4) is 5.75 Å². The molecule has 0 fully saturated rings. The van der Waals surface area contributed by atoms with Crippen molar-refractivity contribution in [1.29, 1.82) is 0 Å². The Labute approximate surface area is 108 Å². The van der Waals surface area contributed by atoms with Crippen LogP contribution in [0.3, 0.4) is 0 Å². The predicted octanol–water partition coefficient (Wildman–Crippen LogP) is 3.78. The topological polar surface area (TPSA) is 35.2 Å². The maximum atomic E-state index is 13.4. The summed E-state index contributed by atoms with van der Waals surface area (Å²) in [7, 11) is 0. The predicted molar refractivity (Wildman–Crippen MR) is 66.6 cm³/mol. The quantitative estimate of drug-likeness (QED) is 0.861. The Morgan fingerprint density at radius 1 is 1.11 bits per heavy atom. The number of rotatable bonds is 3. The minimum absolute atomic E-state index is 0.00718. The molecule has 18 heavy (non-hydrogen) atoms. The number of halogens is 3. The average Bonchev–Trinajstić information content (AvgIpc) is 2.33. The van der Waals surface area contributed by atoms with Crippen molar-refractivity contribution in [2.75, 3.05) is 5.73 Å². The molecular weight excluding hydrogens is 260 g/mol. The molecule has 0 amide bonds. The zero-order valence-corrected chi connectivity index (χ0v) is 10.0. The maximum absolute atomic E-state index is 13.4. The van der Waals surface area contributed by atoms with Crippen molar-refractivity contribution in [2.24, 2.45) is 0 Å². The lowest BCUT2D eigenvalue weighted by Crippen LogP contribution is -2.03. The minimum Gasteiger partial charge on any atom is -0.489 e. The fourth-order valence-corrected chi connectivity index (χ4v) is 1.57. The van der Waals surface area contributed by atoms with Crippen LogP contribution in [-0.4, -0.2) is 0 Å². The molecule has 2 aromatic rings. The number of nitrogen functional groups attached to an aromatic ring is 1. The molecule has 0 bridgehead atoms. The van der Waals surface area contributed by atoms with Crippen LogP contribution in [0, 0.1) is 11.6 Å². The van der Waals surface area contributed by atoms with Crippen LogP contribution in [-0.2, 0) is 6.61 Å². The van der Waals surface area contributed by atoms with E-state index in [2.05, 4.69) is 0 Å². The van der Waals surface area contributed by atoms with Gasteiger partial charge in [-0.15, -0.1) is 0 Å². The van der Waals surface area contributed by atoms with Gasteiger partial charge in [0.2, 0.25) is 0 Å². The van der Waals surface area contributed by atoms with E-state index in [1.54, 1.807) is 6.07 Å². The Morgan fingerprint density at radius 3 is 2.56 bits per heavy atom. The molecule has 0 radical (unpaired) electrons. The fourth-order valence-electron chi connectivity index (χ4n) is 1.45. The normalized spacial score (nSPS) is 10.4. The molecule has 0 unspecified atom stereocenters. The molecule has 0 aliphatic heterocycles. The van der Waals surface area contributed by atoms with Crippen molar-refractivity contribution >= 4 is 17.3 Å². The third kappa shape index (κ3) is 2.71. The number of anilines is 1. The van der Waals surface area contributed by atoms with Crippen LogP contribution in [0.2, 0.25) is 5.02 Å². The van der Waals surface area contributed by atoms with Gasteiger partial charge in [-0.3, -0.25) is 0 Å². The Hall–Kier alpha value is -1.81. The van der Waals surface area contributed by atoms with Gasteiger partial charge in [-0.25, -0.2) is 8.78 Å². The van der Waals surface area contributed by atoms with Gasteiger partial charge in [0.1, 0.15) is 24.0 Å². The Kier molecular flexibility index (Phi) is 3.67. The van der Waals surface area contributed by atoms with E-state index in [1.807, 2.05) is 0 Å². The van der Waals surface area contributed by atoms with Gasteiger partial charge in [0.05, 0.1) is 5.02 Å². The van der Waals surface area contributed by atoms with Gasteiger partial charge in [-0.1, -0.05) is 17.7 Å². The van der Waals surface area contributed by atoms with E-state index in [9.17, 15) is 8.78 Å². The summed E-state index contributed by atoms with van der Waals surface area (Å²) in [6.07, 6.45) is 0. The van der Waals surface area contributed by atoms with Crippen LogP contribution in [0.15, 0.2) is 36.4 Å². The van der Waals surface area contributed by atoms with Crippen molar-refractivity contribution < 1.29 is 13.5 Å². The molecule has 0 atom stereocenters. The summed E-state index contributed by atoms with van der Waals surface area (Å²) >= 11 is 5.54. The van der Waals surface area contributed by atoms with Gasteiger partial charge in [0.15, 0.2) is 0 Å². The van der Waals surface area contributed by atoms with E-state index in [0.717, 1.165) is 6.07 Å². The Balaban J connectivity index is 2.14. The van der Waals surface area contributed by atoms with E-state index in [0.29, 0.717) is 5.69 Å². The maximum Gasteiger partial charge on any atom is 0.145 e. The number of ether oxygens (including phenoxy) is 1. The van der Waals surface area contributed by atoms with E-state index in [1.165, 1.54) is 24.3 Å². The third-order valence-corrected chi connectivity index (χ3v) is 2.74. The first-order chi connectivity index (χ1) is 8.58. The third-order valence-electron chi connectivity index (χ3n) is 2.43. The highest BCUT2D eigenvalue weighted by molar-refractivity contribution is 6.30. The summed E-state index contributed by atoms with van der Waals surface area (Å²) < 4.78 is 31.9. The van der Waals surface area contributed by atoms with Gasteiger partial charge >= 0.3 is 0 Å². The highest BCUT2D eigenvalue weighted by Gasteiger charge is 2.08. The molecule has 94 valence electrons. The average molecular weight is 270 g/mol. The summed E-state index contributed by atoms with van der Waals surface area (Å²) in [5.41, 5.74) is 6.16. The van der Waals surface area contributed by atoms with Crippen LogP contribution in [0.5, 0.6) is 5.75 Å². The smallest absolute Gasteiger partial charge is 0.145 e. The molecule has 2 rings (SSSR count). The van der Waals surface area contributed by atoms with E-state index < -0.39 is 11.6 Å². The van der Waals surface area contributed by atoms with Crippen LogP contribution < -0.4 is 10.5 Å². The molecule has 5 heteroatoms. The first-order valence-electron chi connectivity index (χ1n) is 5.18. The lowest BCUT2D eigenvalue weighted by atomic mass is 10.2. The summed E-state index contributed by atoms with van der Waals surface area (Å²) in [6.45, 7) is -0.0699. The van der Waals surface area contributed by atoms with Crippen LogP contribution in [0.4, 0.5) is 14.5 Å². The van der Waals surface area contributed by atoms with Gasteiger partial charge in [-0.2, -0.15) is 0 Å². The van der Waals surface area contributed by atoms with Gasteiger partial charge in [0.25, 0.3) is 0 Å². The highest BCUT2D eigenvalue weighted by atomic mass is 35.5. The van der Waals surface area contributed by atoms with Crippen molar-refractivity contribution in [3.05, 3.63) is 58.6 Å². The first kappa shape index (κ1) is 12.6. The molecule has 0 aliphatic carbocycles. The van der Waals surface area contributed by atoms with Crippen LogP contribution in [0.1, 0.15) is 5.56 Å². The Morgan fingerprint density at radius 2 is 1.89 bits per heavy atom. The lowest BCUT2D eigenvalue weighted by Gasteiger charge is -2.09. The monoisotopic (exact) mass is 269 g/mol. The summed E-state index contributed by atoms with van der Waals surface area (Å²) in [5, 5.41) is 0.00718. The fraction of sp³-hybridized carbons (Fsp3) is 0.0769. The minimum atomic E-state index is -0.587. The number of hydrogen-bond donors (Lipinski definition) is 1. The second kappa shape index (κ2) is 5.23. The number of nitrogens with two attached hydrogens (primary N) is 1. The van der Waals surface area contributed by atoms with E-state index in [-0.39, 0.29) is 22.9 Å². The lowest BCUT2D eigenvalue weighted by molar-refractivity contribution is 0.299. The molecule has 2 aromatic carbocycles. The first-order valence-corrected chi connectivity index (χ1v) is 5.56. The zero-order chi connectivity index (χ0) is 13.1. The molecule has 0 spiro atoms. The van der Waals surface area contributed by atoms with E-state index in [4.69, 9.17) is 22.1 Å². The molecule has 0 aliphatic rings. The summed E-state index contributed by atoms with van der Waals surface area (Å²) in [6, 6.07) is 8.39. The van der Waals surface area contributed by atoms with Crippen molar-refractivity contribution in [2.45, 2.75) is 6.61 Å². The Bertz CT molecular complexity index is 555. The van der Waals surface area contributed by atoms with Crippen molar-refractivity contribution in [1.82, 2.24) is 0 Å². The molecule has 0 aromatic heterocycles. The molecule has 2 N–H and O–H groups in total. The second-order valence-electron chi connectivity index (χ2n) is 3.67. The summed E-state index contributed by atoms with van der Waals surface area (Å²) in [4.78, 5) is 0. The van der Waals surface area contributed by atoms with Crippen molar-refractivity contribution in [3.63, 3.8) is 0 Å². The standard InChI is InChI=1S/C13H10ClF2NO/c14-10-5-4-8(6-12(10)16)18-7-9-11(15)2-1-3-13(9)17/h1-6H,7,17H2. The molecule has 2 nitrogen and oxygen atoms in total. The van der Waals surface area contributed by atoms with Crippen LogP contribution >= 0.6 is 11.6 Å². The molecule has 0 saturated heterocycles. The van der Waals surface area contributed by atoms with Gasteiger partial charge in [0, 0.05) is 17.3 Å². The SMILES string of the molecule is Nc1cccc(F)c1COc1ccc(Cl)c(F)c1. The number of hydrogen-bond acceptors (Lipinski definition) is 2. The molecule has 0 saturated carbocycles. The number of benzene rings is 2. The van der Waals surface area contributed by atoms with E-state index >= 15 is 0 Å². The second-order valence-corrected chi connectivity index (χ2v) is 4.08. The zero-order valence-electron chi connectivity index (χ0n) is 9.29. The summed E-state index contributed by atoms with van der Waals surface area (Å²) in [5.74, 6) is -0.778. The van der Waals surface area contributed by atoms with Gasteiger partial charge in [-0.05, 0) is 24.3 Å².